The maximum atomic E-state index is 11.5. The van der Waals surface area contributed by atoms with Crippen molar-refractivity contribution in [3.05, 3.63) is 36.0 Å². The van der Waals surface area contributed by atoms with Crippen LogP contribution in [0.4, 0.5) is 0 Å². The number of carbonyl (C=O) groups excluding carboxylic acids is 1. The van der Waals surface area contributed by atoms with Gasteiger partial charge in [-0.1, -0.05) is 5.21 Å². The standard InChI is InChI=1S/C9H9N3O2/c1-12-6-8(10-11-12)9(13)5-7-3-2-4-14-7/h2-4,6H,5H2,1H3. The van der Waals surface area contributed by atoms with Crippen LogP contribution < -0.4 is 0 Å². The van der Waals surface area contributed by atoms with Gasteiger partial charge in [-0.2, -0.15) is 0 Å². The van der Waals surface area contributed by atoms with Gasteiger partial charge in [0.25, 0.3) is 0 Å². The van der Waals surface area contributed by atoms with E-state index in [-0.39, 0.29) is 12.2 Å². The molecule has 14 heavy (non-hydrogen) atoms. The predicted molar refractivity (Wildman–Crippen MR) is 47.7 cm³/mol. The summed E-state index contributed by atoms with van der Waals surface area (Å²) in [5, 5.41) is 7.40. The molecule has 2 aromatic heterocycles. The predicted octanol–water partition coefficient (Wildman–Crippen LogP) is 0.833. The summed E-state index contributed by atoms with van der Waals surface area (Å²) < 4.78 is 6.55. The molecule has 0 atom stereocenters. The van der Waals surface area contributed by atoms with Gasteiger partial charge in [0.1, 0.15) is 11.5 Å². The molecule has 5 heteroatoms. The molecule has 0 N–H and O–H groups in total. The zero-order valence-corrected chi connectivity index (χ0v) is 7.67. The van der Waals surface area contributed by atoms with E-state index in [2.05, 4.69) is 10.3 Å². The molecule has 0 bridgehead atoms. The zero-order chi connectivity index (χ0) is 9.97. The minimum Gasteiger partial charge on any atom is -0.469 e. The number of hydrogen-bond acceptors (Lipinski definition) is 4. The Morgan fingerprint density at radius 1 is 1.64 bits per heavy atom. The Hall–Kier alpha value is -1.91. The first-order valence-electron chi connectivity index (χ1n) is 4.17. The third-order valence-corrected chi connectivity index (χ3v) is 1.80. The number of nitrogens with zero attached hydrogens (tertiary/aromatic N) is 3. The van der Waals surface area contributed by atoms with Gasteiger partial charge >= 0.3 is 0 Å². The number of aryl methyl sites for hydroxylation is 1. The molecule has 0 radical (unpaired) electrons. The van der Waals surface area contributed by atoms with Gasteiger partial charge < -0.3 is 4.42 Å². The summed E-state index contributed by atoms with van der Waals surface area (Å²) in [6.45, 7) is 0. The highest BCUT2D eigenvalue weighted by Crippen LogP contribution is 2.05. The Balaban J connectivity index is 2.10. The van der Waals surface area contributed by atoms with Crippen LogP contribution in [0.15, 0.2) is 29.0 Å². The second-order valence-electron chi connectivity index (χ2n) is 2.96. The van der Waals surface area contributed by atoms with Crippen molar-refractivity contribution in [2.45, 2.75) is 6.42 Å². The molecule has 0 aliphatic carbocycles. The van der Waals surface area contributed by atoms with Gasteiger partial charge in [0.2, 0.25) is 0 Å². The van der Waals surface area contributed by atoms with Gasteiger partial charge in [-0.15, -0.1) is 5.10 Å². The van der Waals surface area contributed by atoms with Gasteiger partial charge in [0.05, 0.1) is 18.9 Å². The number of hydrogen-bond donors (Lipinski definition) is 0. The molecule has 0 aliphatic rings. The van der Waals surface area contributed by atoms with E-state index in [0.717, 1.165) is 0 Å². The van der Waals surface area contributed by atoms with Crippen LogP contribution in [0.5, 0.6) is 0 Å². The Labute approximate surface area is 80.3 Å². The van der Waals surface area contributed by atoms with E-state index in [0.29, 0.717) is 11.5 Å². The topological polar surface area (TPSA) is 60.9 Å². The van der Waals surface area contributed by atoms with Crippen LogP contribution in [0.2, 0.25) is 0 Å². The Morgan fingerprint density at radius 3 is 3.07 bits per heavy atom. The minimum absolute atomic E-state index is 0.0898. The number of rotatable bonds is 3. The molecule has 0 aliphatic heterocycles. The van der Waals surface area contributed by atoms with E-state index < -0.39 is 0 Å². The van der Waals surface area contributed by atoms with Crippen molar-refractivity contribution in [1.29, 1.82) is 0 Å². The molecule has 0 aromatic carbocycles. The molecule has 2 rings (SSSR count). The van der Waals surface area contributed by atoms with E-state index in [1.54, 1.807) is 31.6 Å². The number of Topliss-reactive ketones (excluding diaryl/α,β-unsaturated/α-hetero) is 1. The Kier molecular flexibility index (Phi) is 2.14. The van der Waals surface area contributed by atoms with Gasteiger partial charge in [0.15, 0.2) is 5.78 Å². The van der Waals surface area contributed by atoms with Gasteiger partial charge in [-0.05, 0) is 12.1 Å². The molecule has 5 nitrogen and oxygen atoms in total. The number of carbonyl (C=O) groups is 1. The lowest BCUT2D eigenvalue weighted by molar-refractivity contribution is 0.0982. The van der Waals surface area contributed by atoms with Crippen LogP contribution in [-0.4, -0.2) is 20.8 Å². The first kappa shape index (κ1) is 8.68. The molecule has 0 saturated carbocycles. The molecule has 2 aromatic rings. The van der Waals surface area contributed by atoms with Crippen LogP contribution in [0.25, 0.3) is 0 Å². The fourth-order valence-corrected chi connectivity index (χ4v) is 1.14. The normalized spacial score (nSPS) is 10.4. The van der Waals surface area contributed by atoms with Crippen LogP contribution in [0.3, 0.4) is 0 Å². The molecule has 2 heterocycles. The summed E-state index contributed by atoms with van der Waals surface area (Å²) >= 11 is 0. The maximum Gasteiger partial charge on any atom is 0.192 e. The smallest absolute Gasteiger partial charge is 0.192 e. The fraction of sp³-hybridized carbons (Fsp3) is 0.222. The highest BCUT2D eigenvalue weighted by Gasteiger charge is 2.11. The van der Waals surface area contributed by atoms with Crippen LogP contribution in [0.1, 0.15) is 16.2 Å². The number of ketones is 1. The van der Waals surface area contributed by atoms with Gasteiger partial charge in [-0.3, -0.25) is 9.48 Å². The second kappa shape index (κ2) is 3.45. The maximum absolute atomic E-state index is 11.5. The first-order valence-corrected chi connectivity index (χ1v) is 4.17. The lowest BCUT2D eigenvalue weighted by atomic mass is 10.2. The molecule has 0 fully saturated rings. The van der Waals surface area contributed by atoms with E-state index in [1.165, 1.54) is 4.68 Å². The molecule has 0 saturated heterocycles. The Morgan fingerprint density at radius 2 is 2.50 bits per heavy atom. The van der Waals surface area contributed by atoms with Crippen LogP contribution in [0, 0.1) is 0 Å². The minimum atomic E-state index is -0.0898. The largest absolute Gasteiger partial charge is 0.469 e. The molecular formula is C9H9N3O2. The highest BCUT2D eigenvalue weighted by molar-refractivity contribution is 5.95. The lowest BCUT2D eigenvalue weighted by Gasteiger charge is -1.91. The van der Waals surface area contributed by atoms with E-state index in [9.17, 15) is 4.79 Å². The van der Waals surface area contributed by atoms with E-state index in [1.807, 2.05) is 0 Å². The molecular weight excluding hydrogens is 182 g/mol. The molecule has 72 valence electrons. The average Bonchev–Trinajstić information content (AvgIpc) is 2.75. The van der Waals surface area contributed by atoms with Crippen molar-refractivity contribution in [3.63, 3.8) is 0 Å². The molecule has 0 unspecified atom stereocenters. The summed E-state index contributed by atoms with van der Waals surface area (Å²) in [6.07, 6.45) is 3.36. The second-order valence-corrected chi connectivity index (χ2v) is 2.96. The van der Waals surface area contributed by atoms with Crippen molar-refractivity contribution in [1.82, 2.24) is 15.0 Å². The van der Waals surface area contributed by atoms with Crippen molar-refractivity contribution < 1.29 is 9.21 Å². The van der Waals surface area contributed by atoms with E-state index in [4.69, 9.17) is 4.42 Å². The summed E-state index contributed by atoms with van der Waals surface area (Å²) in [5.41, 5.74) is 0.365. The fourth-order valence-electron chi connectivity index (χ4n) is 1.14. The molecule has 0 spiro atoms. The highest BCUT2D eigenvalue weighted by atomic mass is 16.3. The van der Waals surface area contributed by atoms with Crippen LogP contribution in [-0.2, 0) is 13.5 Å². The third-order valence-electron chi connectivity index (χ3n) is 1.80. The average molecular weight is 191 g/mol. The first-order chi connectivity index (χ1) is 6.75. The van der Waals surface area contributed by atoms with Crippen molar-refractivity contribution >= 4 is 5.78 Å². The third kappa shape index (κ3) is 1.71. The lowest BCUT2D eigenvalue weighted by Crippen LogP contribution is -2.03. The van der Waals surface area contributed by atoms with Crippen molar-refractivity contribution in [2.75, 3.05) is 0 Å². The number of furan rings is 1. The van der Waals surface area contributed by atoms with Gasteiger partial charge in [0, 0.05) is 7.05 Å². The zero-order valence-electron chi connectivity index (χ0n) is 7.67. The number of aromatic nitrogens is 3. The van der Waals surface area contributed by atoms with E-state index >= 15 is 0 Å². The van der Waals surface area contributed by atoms with Crippen molar-refractivity contribution in [2.24, 2.45) is 7.05 Å². The van der Waals surface area contributed by atoms with Gasteiger partial charge in [-0.25, -0.2) is 0 Å². The summed E-state index contributed by atoms with van der Waals surface area (Å²) in [4.78, 5) is 11.5. The SMILES string of the molecule is Cn1cc(C(=O)Cc2ccco2)nn1. The Bertz CT molecular complexity index is 431. The van der Waals surface area contributed by atoms with Crippen molar-refractivity contribution in [3.8, 4) is 0 Å². The summed E-state index contributed by atoms with van der Waals surface area (Å²) in [7, 11) is 1.72. The molecule has 0 amide bonds. The summed E-state index contributed by atoms with van der Waals surface area (Å²) in [5.74, 6) is 0.550. The summed E-state index contributed by atoms with van der Waals surface area (Å²) in [6, 6.07) is 3.51. The quantitative estimate of drug-likeness (QED) is 0.674. The monoisotopic (exact) mass is 191 g/mol. The van der Waals surface area contributed by atoms with Crippen LogP contribution >= 0.6 is 0 Å².